The van der Waals surface area contributed by atoms with Gasteiger partial charge in [-0.05, 0) is 41.5 Å². The number of esters is 1. The first kappa shape index (κ1) is 18.8. The summed E-state index contributed by atoms with van der Waals surface area (Å²) >= 11 is 0. The molecule has 0 aromatic heterocycles. The van der Waals surface area contributed by atoms with Gasteiger partial charge in [0.25, 0.3) is 5.69 Å². The molecule has 0 aliphatic carbocycles. The van der Waals surface area contributed by atoms with Crippen LogP contribution < -0.4 is 10.2 Å². The van der Waals surface area contributed by atoms with Crippen LogP contribution >= 0.6 is 0 Å². The molecule has 0 radical (unpaired) electrons. The van der Waals surface area contributed by atoms with Crippen molar-refractivity contribution >= 4 is 17.9 Å². The monoisotopic (exact) mass is 375 g/mol. The van der Waals surface area contributed by atoms with Crippen molar-refractivity contribution in [3.8, 4) is 5.75 Å². The number of rotatable bonds is 7. The molecule has 0 fully saturated rings. The van der Waals surface area contributed by atoms with E-state index in [1.807, 2.05) is 30.3 Å². The lowest BCUT2D eigenvalue weighted by Crippen LogP contribution is -2.09. The molecule has 0 aliphatic rings. The predicted molar refractivity (Wildman–Crippen MR) is 105 cm³/mol. The number of ether oxygens (including phenoxy) is 1. The lowest BCUT2D eigenvalue weighted by atomic mass is 10.2. The Labute approximate surface area is 161 Å². The van der Waals surface area contributed by atoms with Crippen LogP contribution in [0.3, 0.4) is 0 Å². The fraction of sp³-hybridized carbons (Fsp3) is 0.0476. The number of carbonyl (C=O) groups excluding carboxylic acids is 1. The molecule has 0 atom stereocenters. The van der Waals surface area contributed by atoms with Gasteiger partial charge >= 0.3 is 5.97 Å². The van der Waals surface area contributed by atoms with Crippen molar-refractivity contribution in [2.75, 3.05) is 0 Å². The Morgan fingerprint density at radius 2 is 1.79 bits per heavy atom. The Hall–Kier alpha value is -4.00. The Morgan fingerprint density at radius 1 is 1.04 bits per heavy atom. The minimum absolute atomic E-state index is 0.116. The molecule has 0 bridgehead atoms. The number of hydrazone groups is 1. The van der Waals surface area contributed by atoms with E-state index >= 15 is 0 Å². The summed E-state index contributed by atoms with van der Waals surface area (Å²) in [5.74, 6) is -0.319. The second kappa shape index (κ2) is 9.09. The number of nitro groups is 1. The average molecular weight is 375 g/mol. The van der Waals surface area contributed by atoms with Crippen LogP contribution in [0.1, 0.15) is 21.5 Å². The fourth-order valence-electron chi connectivity index (χ4n) is 2.39. The van der Waals surface area contributed by atoms with Crippen LogP contribution in [0.25, 0.3) is 0 Å². The van der Waals surface area contributed by atoms with Gasteiger partial charge in [0, 0.05) is 12.1 Å². The van der Waals surface area contributed by atoms with E-state index in [-0.39, 0.29) is 11.3 Å². The van der Waals surface area contributed by atoms with Crippen molar-refractivity contribution in [1.29, 1.82) is 0 Å². The minimum atomic E-state index is -0.658. The largest absolute Gasteiger partial charge is 0.423 e. The molecule has 3 aromatic carbocycles. The number of nitrogens with one attached hydrogen (secondary N) is 1. The SMILES string of the molecule is O=C(Oc1ccc(/C=N/NCc2ccccc2)cc1)c1cccc([N+](=O)[O-])c1. The molecule has 3 aromatic rings. The van der Waals surface area contributed by atoms with Crippen molar-refractivity contribution in [2.24, 2.45) is 5.10 Å². The molecular weight excluding hydrogens is 358 g/mol. The lowest BCUT2D eigenvalue weighted by Gasteiger charge is -2.05. The number of benzene rings is 3. The summed E-state index contributed by atoms with van der Waals surface area (Å²) in [6, 6.07) is 22.1. The van der Waals surface area contributed by atoms with Gasteiger partial charge in [0.15, 0.2) is 0 Å². The Bertz CT molecular complexity index is 986. The third-order valence-electron chi connectivity index (χ3n) is 3.81. The number of nitro benzene ring substituents is 1. The van der Waals surface area contributed by atoms with E-state index < -0.39 is 10.9 Å². The first-order valence-electron chi connectivity index (χ1n) is 8.48. The second-order valence-corrected chi connectivity index (χ2v) is 5.84. The molecule has 0 aliphatic heterocycles. The first-order valence-corrected chi connectivity index (χ1v) is 8.48. The maximum atomic E-state index is 12.1. The highest BCUT2D eigenvalue weighted by Gasteiger charge is 2.13. The van der Waals surface area contributed by atoms with Crippen LogP contribution in [-0.4, -0.2) is 17.1 Å². The van der Waals surface area contributed by atoms with E-state index in [0.717, 1.165) is 11.1 Å². The first-order chi connectivity index (χ1) is 13.6. The van der Waals surface area contributed by atoms with Crippen molar-refractivity contribution in [3.05, 3.63) is 106 Å². The van der Waals surface area contributed by atoms with E-state index in [4.69, 9.17) is 4.74 Å². The van der Waals surface area contributed by atoms with Crippen LogP contribution in [0.5, 0.6) is 5.75 Å². The number of hydrogen-bond acceptors (Lipinski definition) is 6. The molecule has 140 valence electrons. The van der Waals surface area contributed by atoms with Crippen molar-refractivity contribution < 1.29 is 14.5 Å². The van der Waals surface area contributed by atoms with Gasteiger partial charge in [-0.1, -0.05) is 36.4 Å². The summed E-state index contributed by atoms with van der Waals surface area (Å²) in [6.45, 7) is 0.621. The highest BCUT2D eigenvalue weighted by Crippen LogP contribution is 2.17. The molecule has 1 N–H and O–H groups in total. The van der Waals surface area contributed by atoms with Gasteiger partial charge in [-0.3, -0.25) is 10.1 Å². The average Bonchev–Trinajstić information content (AvgIpc) is 2.73. The smallest absolute Gasteiger partial charge is 0.343 e. The van der Waals surface area contributed by atoms with Crippen LogP contribution in [0.2, 0.25) is 0 Å². The molecular formula is C21H17N3O4. The summed E-state index contributed by atoms with van der Waals surface area (Å²) in [7, 11) is 0. The van der Waals surface area contributed by atoms with Crippen LogP contribution in [0, 0.1) is 10.1 Å². The number of non-ortho nitro benzene ring substituents is 1. The molecule has 7 nitrogen and oxygen atoms in total. The van der Waals surface area contributed by atoms with Crippen molar-refractivity contribution in [3.63, 3.8) is 0 Å². The van der Waals surface area contributed by atoms with E-state index in [9.17, 15) is 14.9 Å². The van der Waals surface area contributed by atoms with Crippen molar-refractivity contribution in [1.82, 2.24) is 5.43 Å². The summed E-state index contributed by atoms with van der Waals surface area (Å²) in [6.07, 6.45) is 1.66. The molecule has 28 heavy (non-hydrogen) atoms. The van der Waals surface area contributed by atoms with Gasteiger partial charge in [-0.2, -0.15) is 5.10 Å². The maximum Gasteiger partial charge on any atom is 0.343 e. The lowest BCUT2D eigenvalue weighted by molar-refractivity contribution is -0.384. The van der Waals surface area contributed by atoms with Crippen molar-refractivity contribution in [2.45, 2.75) is 6.54 Å². The normalized spacial score (nSPS) is 10.6. The molecule has 7 heteroatoms. The molecule has 0 saturated heterocycles. The van der Waals surface area contributed by atoms with Gasteiger partial charge in [-0.15, -0.1) is 0 Å². The Balaban J connectivity index is 1.55. The van der Waals surface area contributed by atoms with Crippen LogP contribution in [0.15, 0.2) is 84.0 Å². The van der Waals surface area contributed by atoms with E-state index in [2.05, 4.69) is 10.5 Å². The Morgan fingerprint density at radius 3 is 2.50 bits per heavy atom. The predicted octanol–water partition coefficient (Wildman–Crippen LogP) is 3.94. The molecule has 0 heterocycles. The van der Waals surface area contributed by atoms with Gasteiger partial charge in [-0.25, -0.2) is 4.79 Å². The van der Waals surface area contributed by atoms with Gasteiger partial charge in [0.2, 0.25) is 0 Å². The van der Waals surface area contributed by atoms with Gasteiger partial charge < -0.3 is 10.2 Å². The zero-order valence-electron chi connectivity index (χ0n) is 14.8. The third kappa shape index (κ3) is 5.25. The zero-order valence-corrected chi connectivity index (χ0v) is 14.8. The van der Waals surface area contributed by atoms with Crippen LogP contribution in [-0.2, 0) is 6.54 Å². The fourth-order valence-corrected chi connectivity index (χ4v) is 2.39. The quantitative estimate of drug-likeness (QED) is 0.222. The summed E-state index contributed by atoms with van der Waals surface area (Å²) in [4.78, 5) is 22.4. The maximum absolute atomic E-state index is 12.1. The molecule has 0 unspecified atom stereocenters. The zero-order chi connectivity index (χ0) is 19.8. The van der Waals surface area contributed by atoms with Crippen LogP contribution in [0.4, 0.5) is 5.69 Å². The topological polar surface area (TPSA) is 93.8 Å². The summed E-state index contributed by atoms with van der Waals surface area (Å²) in [5, 5.41) is 15.0. The Kier molecular flexibility index (Phi) is 6.10. The van der Waals surface area contributed by atoms with Gasteiger partial charge in [0.1, 0.15) is 5.75 Å². The van der Waals surface area contributed by atoms with E-state index in [0.29, 0.717) is 12.3 Å². The second-order valence-electron chi connectivity index (χ2n) is 5.84. The molecule has 0 saturated carbocycles. The molecule has 0 amide bonds. The highest BCUT2D eigenvalue weighted by molar-refractivity contribution is 5.91. The number of nitrogens with zero attached hydrogens (tertiary/aromatic N) is 2. The van der Waals surface area contributed by atoms with Gasteiger partial charge in [0.05, 0.1) is 23.2 Å². The number of carbonyl (C=O) groups is 1. The van der Waals surface area contributed by atoms with E-state index in [1.54, 1.807) is 30.5 Å². The number of hydrogen-bond donors (Lipinski definition) is 1. The summed E-state index contributed by atoms with van der Waals surface area (Å²) in [5.41, 5.74) is 4.87. The van der Waals surface area contributed by atoms with E-state index in [1.165, 1.54) is 24.3 Å². The molecule has 0 spiro atoms. The standard InChI is InChI=1S/C21H17N3O4/c25-21(18-7-4-8-19(13-18)24(26)27)28-20-11-9-17(10-12-20)15-23-22-14-16-5-2-1-3-6-16/h1-13,15,22H,14H2/b23-15+. The highest BCUT2D eigenvalue weighted by atomic mass is 16.6. The summed E-state index contributed by atoms with van der Waals surface area (Å²) < 4.78 is 5.25. The molecule has 3 rings (SSSR count). The third-order valence-corrected chi connectivity index (χ3v) is 3.81. The minimum Gasteiger partial charge on any atom is -0.423 e.